The normalized spacial score (nSPS) is 12.5. The summed E-state index contributed by atoms with van der Waals surface area (Å²) in [7, 11) is 0. The predicted molar refractivity (Wildman–Crippen MR) is 88.1 cm³/mol. The minimum absolute atomic E-state index is 0.0420. The highest BCUT2D eigenvalue weighted by Gasteiger charge is 2.16. The van der Waals surface area contributed by atoms with E-state index in [4.69, 9.17) is 5.73 Å². The van der Waals surface area contributed by atoms with E-state index >= 15 is 0 Å². The number of allylic oxidation sites excluding steroid dienone is 1. The number of benzene rings is 2. The van der Waals surface area contributed by atoms with Gasteiger partial charge in [0.1, 0.15) is 11.4 Å². The Morgan fingerprint density at radius 3 is 2.14 bits per heavy atom. The minimum Gasteiger partial charge on any atom is -0.477 e. The molecule has 5 heteroatoms. The fourth-order valence-electron chi connectivity index (χ4n) is 1.96. The van der Waals surface area contributed by atoms with Gasteiger partial charge in [0.25, 0.3) is 0 Å². The van der Waals surface area contributed by atoms with Gasteiger partial charge in [-0.15, -0.1) is 0 Å². The van der Waals surface area contributed by atoms with Gasteiger partial charge >= 0.3 is 5.97 Å². The summed E-state index contributed by atoms with van der Waals surface area (Å²) in [6.45, 7) is 1.66. The third-order valence-electron chi connectivity index (χ3n) is 2.96. The summed E-state index contributed by atoms with van der Waals surface area (Å²) >= 11 is 0. The molecule has 0 aliphatic carbocycles. The molecule has 0 radical (unpaired) electrons. The standard InChI is InChI=1S/C17H17N3O2/c1-12(19-13-8-4-2-5-9-13)15(17(21)22)16(18)20-14-10-6-3-7-11-14/h2-11,19H,1H3,(H2,18,20)(H,21,22)/b15-12+. The molecule has 112 valence electrons. The molecule has 0 unspecified atom stereocenters. The number of rotatable bonds is 5. The Morgan fingerprint density at radius 2 is 1.59 bits per heavy atom. The summed E-state index contributed by atoms with van der Waals surface area (Å²) in [5, 5.41) is 12.4. The SMILES string of the molecule is C/C(Nc1ccccc1)=C(\C(=O)O)C(N)=Nc1ccccc1. The first-order chi connectivity index (χ1) is 10.6. The summed E-state index contributed by atoms with van der Waals surface area (Å²) in [5.41, 5.74) is 7.64. The fraction of sp³-hybridized carbons (Fsp3) is 0.0588. The van der Waals surface area contributed by atoms with Gasteiger partial charge in [-0.3, -0.25) is 0 Å². The van der Waals surface area contributed by atoms with Crippen molar-refractivity contribution >= 4 is 23.2 Å². The van der Waals surface area contributed by atoms with E-state index in [1.165, 1.54) is 0 Å². The van der Waals surface area contributed by atoms with E-state index in [0.29, 0.717) is 11.4 Å². The smallest absolute Gasteiger partial charge is 0.341 e. The first-order valence-corrected chi connectivity index (χ1v) is 6.73. The lowest BCUT2D eigenvalue weighted by molar-refractivity contribution is -0.132. The number of carboxylic acids is 1. The molecular formula is C17H17N3O2. The van der Waals surface area contributed by atoms with Gasteiger partial charge < -0.3 is 16.2 Å². The maximum Gasteiger partial charge on any atom is 0.341 e. The van der Waals surface area contributed by atoms with Gasteiger partial charge in [0.15, 0.2) is 0 Å². The number of anilines is 1. The number of carbonyl (C=O) groups is 1. The van der Waals surface area contributed by atoms with Crippen LogP contribution in [0, 0.1) is 0 Å². The van der Waals surface area contributed by atoms with Gasteiger partial charge in [0.2, 0.25) is 0 Å². The number of nitrogens with zero attached hydrogens (tertiary/aromatic N) is 1. The highest BCUT2D eigenvalue weighted by Crippen LogP contribution is 2.15. The van der Waals surface area contributed by atoms with E-state index in [-0.39, 0.29) is 11.4 Å². The van der Waals surface area contributed by atoms with Crippen LogP contribution >= 0.6 is 0 Å². The molecule has 22 heavy (non-hydrogen) atoms. The average molecular weight is 295 g/mol. The number of hydrogen-bond acceptors (Lipinski definition) is 3. The summed E-state index contributed by atoms with van der Waals surface area (Å²) in [6.07, 6.45) is 0. The van der Waals surface area contributed by atoms with Gasteiger partial charge in [-0.2, -0.15) is 0 Å². The van der Waals surface area contributed by atoms with Crippen LogP contribution in [0.25, 0.3) is 0 Å². The number of para-hydroxylation sites is 2. The van der Waals surface area contributed by atoms with Crippen LogP contribution < -0.4 is 11.1 Å². The van der Waals surface area contributed by atoms with Gasteiger partial charge in [0.05, 0.1) is 5.69 Å². The molecule has 2 aromatic rings. The van der Waals surface area contributed by atoms with E-state index in [1.807, 2.05) is 48.5 Å². The lowest BCUT2D eigenvalue weighted by Crippen LogP contribution is -2.24. The van der Waals surface area contributed by atoms with Crippen LogP contribution in [0.3, 0.4) is 0 Å². The number of aliphatic imine (C=N–C) groups is 1. The van der Waals surface area contributed by atoms with Gasteiger partial charge in [-0.1, -0.05) is 36.4 Å². The molecule has 0 amide bonds. The summed E-state index contributed by atoms with van der Waals surface area (Å²) in [6, 6.07) is 18.3. The molecule has 0 aromatic heterocycles. The number of amidine groups is 1. The monoisotopic (exact) mass is 295 g/mol. The molecule has 0 spiro atoms. The Morgan fingerprint density at radius 1 is 1.05 bits per heavy atom. The van der Waals surface area contributed by atoms with Crippen molar-refractivity contribution in [3.05, 3.63) is 71.9 Å². The Hall–Kier alpha value is -3.08. The van der Waals surface area contributed by atoms with Crippen molar-refractivity contribution < 1.29 is 9.90 Å². The zero-order chi connectivity index (χ0) is 15.9. The van der Waals surface area contributed by atoms with Crippen molar-refractivity contribution in [2.75, 3.05) is 5.32 Å². The Labute approximate surface area is 128 Å². The third-order valence-corrected chi connectivity index (χ3v) is 2.96. The lowest BCUT2D eigenvalue weighted by Gasteiger charge is -2.11. The van der Waals surface area contributed by atoms with Gasteiger partial charge in [-0.05, 0) is 31.2 Å². The number of nitrogens with two attached hydrogens (primary N) is 1. The molecule has 0 heterocycles. The van der Waals surface area contributed by atoms with Crippen molar-refractivity contribution in [2.24, 2.45) is 10.7 Å². The molecule has 0 fully saturated rings. The molecule has 0 saturated carbocycles. The molecule has 0 aliphatic rings. The molecule has 0 saturated heterocycles. The highest BCUT2D eigenvalue weighted by atomic mass is 16.4. The molecule has 4 N–H and O–H groups in total. The molecule has 0 atom stereocenters. The molecule has 2 aromatic carbocycles. The topological polar surface area (TPSA) is 87.7 Å². The Kier molecular flexibility index (Phi) is 4.93. The van der Waals surface area contributed by atoms with Crippen LogP contribution in [-0.2, 0) is 4.79 Å². The first kappa shape index (κ1) is 15.3. The molecular weight excluding hydrogens is 278 g/mol. The molecule has 0 aliphatic heterocycles. The highest BCUT2D eigenvalue weighted by molar-refractivity contribution is 6.19. The largest absolute Gasteiger partial charge is 0.477 e. The average Bonchev–Trinajstić information content (AvgIpc) is 2.48. The zero-order valence-electron chi connectivity index (χ0n) is 12.2. The summed E-state index contributed by atoms with van der Waals surface area (Å²) < 4.78 is 0. The Bertz CT molecular complexity index is 707. The summed E-state index contributed by atoms with van der Waals surface area (Å²) in [4.78, 5) is 15.7. The van der Waals surface area contributed by atoms with E-state index < -0.39 is 5.97 Å². The van der Waals surface area contributed by atoms with E-state index in [9.17, 15) is 9.90 Å². The van der Waals surface area contributed by atoms with E-state index in [0.717, 1.165) is 5.69 Å². The molecule has 5 nitrogen and oxygen atoms in total. The van der Waals surface area contributed by atoms with E-state index in [1.54, 1.807) is 19.1 Å². The van der Waals surface area contributed by atoms with Crippen LogP contribution in [0.5, 0.6) is 0 Å². The Balaban J connectivity index is 2.34. The van der Waals surface area contributed by atoms with Crippen molar-refractivity contribution in [2.45, 2.75) is 6.92 Å². The van der Waals surface area contributed by atoms with Crippen LogP contribution in [0.4, 0.5) is 11.4 Å². The maximum absolute atomic E-state index is 11.5. The second-order valence-corrected chi connectivity index (χ2v) is 4.63. The quantitative estimate of drug-likeness (QED) is 0.449. The first-order valence-electron chi connectivity index (χ1n) is 6.73. The van der Waals surface area contributed by atoms with E-state index in [2.05, 4.69) is 10.3 Å². The van der Waals surface area contributed by atoms with Crippen LogP contribution in [-0.4, -0.2) is 16.9 Å². The van der Waals surface area contributed by atoms with Gasteiger partial charge in [0, 0.05) is 11.4 Å². The van der Waals surface area contributed by atoms with Crippen molar-refractivity contribution in [1.29, 1.82) is 0 Å². The number of hydrogen-bond donors (Lipinski definition) is 3. The van der Waals surface area contributed by atoms with Crippen LogP contribution in [0.15, 0.2) is 76.9 Å². The van der Waals surface area contributed by atoms with Crippen LogP contribution in [0.1, 0.15) is 6.92 Å². The predicted octanol–water partition coefficient (Wildman–Crippen LogP) is 3.15. The van der Waals surface area contributed by atoms with Gasteiger partial charge in [-0.25, -0.2) is 9.79 Å². The minimum atomic E-state index is -1.13. The van der Waals surface area contributed by atoms with Crippen molar-refractivity contribution in [3.8, 4) is 0 Å². The van der Waals surface area contributed by atoms with Crippen LogP contribution in [0.2, 0.25) is 0 Å². The summed E-state index contributed by atoms with van der Waals surface area (Å²) in [5.74, 6) is -1.17. The zero-order valence-corrected chi connectivity index (χ0v) is 12.2. The third kappa shape index (κ3) is 3.96. The number of carboxylic acid groups (broad SMARTS) is 1. The lowest BCUT2D eigenvalue weighted by atomic mass is 10.2. The second kappa shape index (κ2) is 7.08. The number of aliphatic carboxylic acids is 1. The fourth-order valence-corrected chi connectivity index (χ4v) is 1.96. The molecule has 0 bridgehead atoms. The second-order valence-electron chi connectivity index (χ2n) is 4.63. The van der Waals surface area contributed by atoms with Crippen molar-refractivity contribution in [1.82, 2.24) is 0 Å². The maximum atomic E-state index is 11.5. The van der Waals surface area contributed by atoms with Crippen molar-refractivity contribution in [3.63, 3.8) is 0 Å². The molecule has 2 rings (SSSR count). The number of nitrogens with one attached hydrogen (secondary N) is 1.